The maximum Gasteiger partial charge on any atom is 0.416 e. The summed E-state index contributed by atoms with van der Waals surface area (Å²) in [6, 6.07) is 1.44. The lowest BCUT2D eigenvalue weighted by atomic mass is 9.90. The second-order valence-corrected chi connectivity index (χ2v) is 7.75. The van der Waals surface area contributed by atoms with Crippen molar-refractivity contribution >= 4 is 16.9 Å². The summed E-state index contributed by atoms with van der Waals surface area (Å²) in [5.41, 5.74) is 2.89. The second-order valence-electron chi connectivity index (χ2n) is 6.59. The number of halogens is 6. The molecular weight excluding hydrogens is 366 g/mol. The Morgan fingerprint density at radius 1 is 1.00 bits per heavy atom. The van der Waals surface area contributed by atoms with Gasteiger partial charge in [-0.3, -0.25) is 0 Å². The fourth-order valence-electron chi connectivity index (χ4n) is 2.29. The van der Waals surface area contributed by atoms with Gasteiger partial charge in [0.25, 0.3) is 0 Å². The van der Waals surface area contributed by atoms with Crippen LogP contribution in [-0.4, -0.2) is 5.17 Å². The molecule has 2 rings (SSSR count). The van der Waals surface area contributed by atoms with E-state index in [-0.39, 0.29) is 5.17 Å². The highest BCUT2D eigenvalue weighted by Gasteiger charge is 2.39. The summed E-state index contributed by atoms with van der Waals surface area (Å²) < 4.78 is 78.7. The summed E-state index contributed by atoms with van der Waals surface area (Å²) in [4.78, 5) is 4.11. The van der Waals surface area contributed by atoms with Gasteiger partial charge in [-0.15, -0.1) is 0 Å². The molecule has 2 N–H and O–H groups in total. The predicted octanol–water partition coefficient (Wildman–Crippen LogP) is 5.76. The molecule has 1 unspecified atom stereocenters. The highest BCUT2D eigenvalue weighted by molar-refractivity contribution is 8.14. The van der Waals surface area contributed by atoms with Crippen molar-refractivity contribution in [1.29, 1.82) is 0 Å². The van der Waals surface area contributed by atoms with E-state index >= 15 is 0 Å². The molecule has 1 heterocycles. The van der Waals surface area contributed by atoms with Crippen LogP contribution < -0.4 is 5.73 Å². The number of hydrogen-bond donors (Lipinski definition) is 1. The van der Waals surface area contributed by atoms with Crippen LogP contribution in [0.3, 0.4) is 0 Å². The largest absolute Gasteiger partial charge is 0.416 e. The first-order valence-electron chi connectivity index (χ1n) is 7.21. The van der Waals surface area contributed by atoms with Crippen molar-refractivity contribution in [2.45, 2.75) is 38.4 Å². The van der Waals surface area contributed by atoms with Crippen molar-refractivity contribution in [2.75, 3.05) is 0 Å². The van der Waals surface area contributed by atoms with E-state index in [4.69, 9.17) is 5.73 Å². The maximum atomic E-state index is 13.3. The normalized spacial score (nSPS) is 19.5. The van der Waals surface area contributed by atoms with Crippen LogP contribution in [0.15, 0.2) is 35.0 Å². The van der Waals surface area contributed by atoms with Gasteiger partial charge in [-0.1, -0.05) is 32.5 Å². The molecule has 0 saturated carbocycles. The molecule has 1 aliphatic rings. The Kier molecular flexibility index (Phi) is 4.93. The number of hydrogen-bond acceptors (Lipinski definition) is 3. The summed E-state index contributed by atoms with van der Waals surface area (Å²) in [6.45, 7) is 5.37. The number of rotatable bonds is 1. The molecule has 1 atom stereocenters. The van der Waals surface area contributed by atoms with Crippen LogP contribution in [-0.2, 0) is 12.4 Å². The zero-order chi connectivity index (χ0) is 19.2. The number of thioether (sulfide) groups is 1. The minimum absolute atomic E-state index is 0.0166. The number of allylic oxidation sites excluding steroid dienone is 1. The highest BCUT2D eigenvalue weighted by Crippen LogP contribution is 2.46. The minimum Gasteiger partial charge on any atom is -0.378 e. The highest BCUT2D eigenvalue weighted by atomic mass is 32.2. The van der Waals surface area contributed by atoms with Crippen LogP contribution in [0, 0.1) is 5.41 Å². The van der Waals surface area contributed by atoms with Gasteiger partial charge in [-0.25, -0.2) is 4.99 Å². The van der Waals surface area contributed by atoms with Crippen molar-refractivity contribution in [3.63, 3.8) is 0 Å². The molecule has 138 valence electrons. The van der Waals surface area contributed by atoms with Crippen LogP contribution >= 0.6 is 11.8 Å². The van der Waals surface area contributed by atoms with Gasteiger partial charge >= 0.3 is 12.4 Å². The van der Waals surface area contributed by atoms with Crippen LogP contribution in [0.25, 0.3) is 0 Å². The van der Waals surface area contributed by atoms with Crippen molar-refractivity contribution in [2.24, 2.45) is 16.1 Å². The topological polar surface area (TPSA) is 38.4 Å². The lowest BCUT2D eigenvalue weighted by Gasteiger charge is -2.28. The van der Waals surface area contributed by atoms with Gasteiger partial charge in [-0.2, -0.15) is 26.3 Å². The van der Waals surface area contributed by atoms with Crippen LogP contribution in [0.2, 0.25) is 0 Å². The molecule has 0 bridgehead atoms. The van der Waals surface area contributed by atoms with Crippen LogP contribution in [0.1, 0.15) is 42.7 Å². The Hall–Kier alpha value is -1.64. The van der Waals surface area contributed by atoms with Crippen molar-refractivity contribution in [1.82, 2.24) is 0 Å². The molecule has 1 aromatic rings. The molecule has 0 amide bonds. The first-order valence-corrected chi connectivity index (χ1v) is 8.09. The summed E-state index contributed by atoms with van der Waals surface area (Å²) >= 11 is 0.793. The van der Waals surface area contributed by atoms with E-state index in [1.807, 2.05) is 0 Å². The van der Waals surface area contributed by atoms with Crippen molar-refractivity contribution < 1.29 is 26.3 Å². The zero-order valence-corrected chi connectivity index (χ0v) is 14.4. The van der Waals surface area contributed by atoms with E-state index < -0.39 is 39.7 Å². The summed E-state index contributed by atoms with van der Waals surface area (Å²) in [6.07, 6.45) is -8.08. The fourth-order valence-corrected chi connectivity index (χ4v) is 3.22. The van der Waals surface area contributed by atoms with E-state index in [9.17, 15) is 26.3 Å². The molecule has 0 radical (unpaired) electrons. The predicted molar refractivity (Wildman–Crippen MR) is 85.9 cm³/mol. The Labute approximate surface area is 145 Å². The molecule has 0 saturated heterocycles. The second kappa shape index (κ2) is 6.26. The van der Waals surface area contributed by atoms with Gasteiger partial charge in [-0.05, 0) is 29.8 Å². The number of amidine groups is 1. The number of benzene rings is 1. The summed E-state index contributed by atoms with van der Waals surface area (Å²) in [5, 5.41) is -0.992. The van der Waals surface area contributed by atoms with Gasteiger partial charge in [0.1, 0.15) is 0 Å². The van der Waals surface area contributed by atoms with Crippen LogP contribution in [0.4, 0.5) is 26.3 Å². The number of nitrogens with two attached hydrogens (primary N) is 1. The Balaban J connectivity index is 2.64. The standard InChI is InChI=1S/C16H16F6N2S/c1-14(2,3)12-7-11(25-13(23)24-12)9-6-8(15(17,18)19)4-5-10(9)16(20,21)22/h4-7,11H,1-3H3,(H2,23,24). The van der Waals surface area contributed by atoms with Gasteiger partial charge in [0.05, 0.1) is 16.4 Å². The average Bonchev–Trinajstić information content (AvgIpc) is 2.43. The first kappa shape index (κ1) is 19.7. The SMILES string of the molecule is CC(C)(C)C1=CC(c2cc(C(F)(F)F)ccc2C(F)(F)F)SC(N)=N1. The molecule has 0 spiro atoms. The smallest absolute Gasteiger partial charge is 0.378 e. The van der Waals surface area contributed by atoms with Gasteiger partial charge in [0.15, 0.2) is 5.17 Å². The number of aliphatic imine (C=N–C) groups is 1. The Bertz CT molecular complexity index is 726. The molecular formula is C16H16F6N2S. The average molecular weight is 382 g/mol. The lowest BCUT2D eigenvalue weighted by Crippen LogP contribution is -2.21. The van der Waals surface area contributed by atoms with E-state index in [0.29, 0.717) is 23.9 Å². The molecule has 0 aromatic heterocycles. The van der Waals surface area contributed by atoms with Crippen molar-refractivity contribution in [3.05, 3.63) is 46.7 Å². The molecule has 1 aliphatic heterocycles. The third kappa shape index (κ3) is 4.50. The molecule has 0 aliphatic carbocycles. The lowest BCUT2D eigenvalue weighted by molar-refractivity contribution is -0.141. The third-order valence-corrected chi connectivity index (χ3v) is 4.52. The van der Waals surface area contributed by atoms with E-state index in [0.717, 1.165) is 11.8 Å². The molecule has 0 fully saturated rings. The Morgan fingerprint density at radius 2 is 1.60 bits per heavy atom. The molecule has 25 heavy (non-hydrogen) atoms. The van der Waals surface area contributed by atoms with E-state index in [2.05, 4.69) is 4.99 Å². The van der Waals surface area contributed by atoms with E-state index in [1.165, 1.54) is 6.08 Å². The summed E-state index contributed by atoms with van der Waals surface area (Å²) in [5.74, 6) is 0. The number of alkyl halides is 6. The van der Waals surface area contributed by atoms with Crippen LogP contribution in [0.5, 0.6) is 0 Å². The monoisotopic (exact) mass is 382 g/mol. The molecule has 2 nitrogen and oxygen atoms in total. The fraction of sp³-hybridized carbons (Fsp3) is 0.438. The Morgan fingerprint density at radius 3 is 2.08 bits per heavy atom. The quantitative estimate of drug-likeness (QED) is 0.628. The third-order valence-electron chi connectivity index (χ3n) is 3.55. The summed E-state index contributed by atoms with van der Waals surface area (Å²) in [7, 11) is 0. The first-order chi connectivity index (χ1) is 11.2. The molecule has 9 heteroatoms. The zero-order valence-electron chi connectivity index (χ0n) is 13.6. The van der Waals surface area contributed by atoms with Gasteiger partial charge in [0, 0.05) is 11.1 Å². The van der Waals surface area contributed by atoms with Crippen molar-refractivity contribution in [3.8, 4) is 0 Å². The van der Waals surface area contributed by atoms with E-state index in [1.54, 1.807) is 20.8 Å². The number of nitrogens with zero attached hydrogens (tertiary/aromatic N) is 1. The molecule has 1 aromatic carbocycles. The van der Waals surface area contributed by atoms with Gasteiger partial charge in [0.2, 0.25) is 0 Å². The minimum atomic E-state index is -4.78. The maximum absolute atomic E-state index is 13.3. The van der Waals surface area contributed by atoms with Gasteiger partial charge < -0.3 is 5.73 Å².